The fourth-order valence-electron chi connectivity index (χ4n) is 2.18. The molecule has 1 atom stereocenters. The Morgan fingerprint density at radius 2 is 2.26 bits per heavy atom. The Kier molecular flexibility index (Phi) is 6.47. The normalized spacial score (nSPS) is 12.2. The van der Waals surface area contributed by atoms with E-state index in [1.165, 1.54) is 0 Å². The molecule has 0 radical (unpaired) electrons. The molecule has 2 rings (SSSR count). The zero-order chi connectivity index (χ0) is 16.8. The van der Waals surface area contributed by atoms with Gasteiger partial charge in [-0.3, -0.25) is 9.78 Å². The highest BCUT2D eigenvalue weighted by Gasteiger charge is 2.24. The molecule has 0 fully saturated rings. The SMILES string of the molecule is CCCSC(C)C(=O)N(CC)c1cn(-c2cccnc2)nc1Cl. The van der Waals surface area contributed by atoms with Gasteiger partial charge in [0, 0.05) is 12.7 Å². The van der Waals surface area contributed by atoms with E-state index in [0.717, 1.165) is 17.9 Å². The number of hydrogen-bond donors (Lipinski definition) is 0. The minimum absolute atomic E-state index is 0.0542. The summed E-state index contributed by atoms with van der Waals surface area (Å²) < 4.78 is 1.64. The van der Waals surface area contributed by atoms with E-state index in [2.05, 4.69) is 17.0 Å². The fourth-order valence-corrected chi connectivity index (χ4v) is 3.27. The van der Waals surface area contributed by atoms with Gasteiger partial charge in [-0.2, -0.15) is 5.10 Å². The summed E-state index contributed by atoms with van der Waals surface area (Å²) in [5.74, 6) is 1.02. The fraction of sp³-hybridized carbons (Fsp3) is 0.438. The summed E-state index contributed by atoms with van der Waals surface area (Å²) in [6.07, 6.45) is 6.22. The maximum atomic E-state index is 12.7. The summed E-state index contributed by atoms with van der Waals surface area (Å²) in [5, 5.41) is 4.51. The monoisotopic (exact) mass is 352 g/mol. The summed E-state index contributed by atoms with van der Waals surface area (Å²) >= 11 is 7.93. The average Bonchev–Trinajstić information content (AvgIpc) is 2.96. The summed E-state index contributed by atoms with van der Waals surface area (Å²) in [7, 11) is 0. The lowest BCUT2D eigenvalue weighted by Crippen LogP contribution is -2.36. The van der Waals surface area contributed by atoms with Crippen molar-refractivity contribution in [1.29, 1.82) is 0 Å². The van der Waals surface area contributed by atoms with Gasteiger partial charge in [-0.25, -0.2) is 4.68 Å². The summed E-state index contributed by atoms with van der Waals surface area (Å²) in [6, 6.07) is 3.72. The van der Waals surface area contributed by atoms with E-state index in [9.17, 15) is 4.79 Å². The maximum Gasteiger partial charge on any atom is 0.239 e. The van der Waals surface area contributed by atoms with Crippen LogP contribution in [0, 0.1) is 0 Å². The molecule has 0 saturated heterocycles. The van der Waals surface area contributed by atoms with Crippen molar-refractivity contribution in [3.05, 3.63) is 35.9 Å². The molecule has 0 N–H and O–H groups in total. The lowest BCUT2D eigenvalue weighted by Gasteiger charge is -2.23. The molecule has 0 spiro atoms. The Morgan fingerprint density at radius 3 is 2.87 bits per heavy atom. The molecular formula is C16H21ClN4OS. The first-order valence-corrected chi connectivity index (χ1v) is 9.09. The quantitative estimate of drug-likeness (QED) is 0.760. The minimum Gasteiger partial charge on any atom is -0.308 e. The van der Waals surface area contributed by atoms with Crippen molar-refractivity contribution in [3.63, 3.8) is 0 Å². The molecule has 0 aliphatic carbocycles. The van der Waals surface area contributed by atoms with E-state index in [0.29, 0.717) is 17.4 Å². The third kappa shape index (κ3) is 4.26. The van der Waals surface area contributed by atoms with E-state index in [1.54, 1.807) is 39.9 Å². The third-order valence-corrected chi connectivity index (χ3v) is 4.97. The van der Waals surface area contributed by atoms with Gasteiger partial charge < -0.3 is 4.90 Å². The van der Waals surface area contributed by atoms with Crippen LogP contribution in [0.5, 0.6) is 0 Å². The van der Waals surface area contributed by atoms with E-state index in [1.807, 2.05) is 26.0 Å². The van der Waals surface area contributed by atoms with Crippen LogP contribution in [0.25, 0.3) is 5.69 Å². The lowest BCUT2D eigenvalue weighted by atomic mass is 10.3. The number of rotatable bonds is 7. The van der Waals surface area contributed by atoms with Crippen LogP contribution in [0.3, 0.4) is 0 Å². The second kappa shape index (κ2) is 8.36. The van der Waals surface area contributed by atoms with Crippen molar-refractivity contribution >= 4 is 35.0 Å². The number of thioether (sulfide) groups is 1. The molecule has 1 amide bonds. The number of halogens is 1. The highest BCUT2D eigenvalue weighted by Crippen LogP contribution is 2.28. The molecule has 0 aliphatic rings. The van der Waals surface area contributed by atoms with Crippen molar-refractivity contribution in [2.75, 3.05) is 17.2 Å². The molecule has 7 heteroatoms. The van der Waals surface area contributed by atoms with Crippen LogP contribution in [-0.4, -0.2) is 38.2 Å². The van der Waals surface area contributed by atoms with Gasteiger partial charge in [0.1, 0.15) is 5.69 Å². The number of aromatic nitrogens is 3. The van der Waals surface area contributed by atoms with Crippen molar-refractivity contribution in [3.8, 4) is 5.69 Å². The Balaban J connectivity index is 2.25. The predicted molar refractivity (Wildman–Crippen MR) is 96.6 cm³/mol. The molecule has 2 heterocycles. The van der Waals surface area contributed by atoms with Crippen LogP contribution in [-0.2, 0) is 4.79 Å². The molecule has 5 nitrogen and oxygen atoms in total. The van der Waals surface area contributed by atoms with Crippen LogP contribution < -0.4 is 4.90 Å². The smallest absolute Gasteiger partial charge is 0.239 e. The van der Waals surface area contributed by atoms with Crippen molar-refractivity contribution in [2.24, 2.45) is 0 Å². The van der Waals surface area contributed by atoms with Crippen molar-refractivity contribution in [2.45, 2.75) is 32.4 Å². The van der Waals surface area contributed by atoms with Gasteiger partial charge in [-0.05, 0) is 38.2 Å². The maximum absolute atomic E-state index is 12.7. The number of hydrogen-bond acceptors (Lipinski definition) is 4. The van der Waals surface area contributed by atoms with Crippen molar-refractivity contribution < 1.29 is 4.79 Å². The Bertz CT molecular complexity index is 647. The topological polar surface area (TPSA) is 51.0 Å². The molecule has 0 saturated carbocycles. The van der Waals surface area contributed by atoms with E-state index in [-0.39, 0.29) is 11.2 Å². The molecule has 2 aromatic rings. The van der Waals surface area contributed by atoms with Gasteiger partial charge in [0.25, 0.3) is 0 Å². The van der Waals surface area contributed by atoms with Crippen LogP contribution >= 0.6 is 23.4 Å². The lowest BCUT2D eigenvalue weighted by molar-refractivity contribution is -0.117. The number of amides is 1. The first-order chi connectivity index (χ1) is 11.1. The van der Waals surface area contributed by atoms with Gasteiger partial charge in [0.05, 0.1) is 23.3 Å². The first-order valence-electron chi connectivity index (χ1n) is 7.67. The number of nitrogens with zero attached hydrogens (tertiary/aromatic N) is 4. The molecule has 0 aromatic carbocycles. The number of carbonyl (C=O) groups is 1. The molecule has 23 heavy (non-hydrogen) atoms. The summed E-state index contributed by atoms with van der Waals surface area (Å²) in [4.78, 5) is 18.4. The number of carbonyl (C=O) groups excluding carboxylic acids is 1. The first kappa shape index (κ1) is 17.8. The molecule has 0 bridgehead atoms. The average molecular weight is 353 g/mol. The van der Waals surface area contributed by atoms with Gasteiger partial charge in [-0.1, -0.05) is 18.5 Å². The number of pyridine rings is 1. The zero-order valence-electron chi connectivity index (χ0n) is 13.6. The third-order valence-electron chi connectivity index (χ3n) is 3.35. The summed E-state index contributed by atoms with van der Waals surface area (Å²) in [6.45, 7) is 6.53. The Hall–Kier alpha value is -1.53. The summed E-state index contributed by atoms with van der Waals surface area (Å²) in [5.41, 5.74) is 1.43. The minimum atomic E-state index is -0.104. The Labute approximate surface area is 146 Å². The van der Waals surface area contributed by atoms with Crippen LogP contribution in [0.15, 0.2) is 30.7 Å². The van der Waals surface area contributed by atoms with Gasteiger partial charge in [-0.15, -0.1) is 11.8 Å². The molecule has 1 unspecified atom stereocenters. The van der Waals surface area contributed by atoms with Crippen LogP contribution in [0.4, 0.5) is 5.69 Å². The number of anilines is 1. The van der Waals surface area contributed by atoms with Crippen molar-refractivity contribution in [1.82, 2.24) is 14.8 Å². The van der Waals surface area contributed by atoms with Gasteiger partial charge >= 0.3 is 0 Å². The van der Waals surface area contributed by atoms with E-state index in [4.69, 9.17) is 11.6 Å². The van der Waals surface area contributed by atoms with Gasteiger partial charge in [0.2, 0.25) is 5.91 Å². The Morgan fingerprint density at radius 1 is 1.48 bits per heavy atom. The highest BCUT2D eigenvalue weighted by molar-refractivity contribution is 8.00. The van der Waals surface area contributed by atoms with Gasteiger partial charge in [0.15, 0.2) is 5.15 Å². The molecular weight excluding hydrogens is 332 g/mol. The van der Waals surface area contributed by atoms with E-state index >= 15 is 0 Å². The molecule has 2 aromatic heterocycles. The molecule has 124 valence electrons. The largest absolute Gasteiger partial charge is 0.308 e. The standard InChI is InChI=1S/C16H21ClN4OS/c1-4-9-23-12(3)16(22)20(5-2)14-11-21(19-15(14)17)13-7-6-8-18-10-13/h6-8,10-12H,4-5,9H2,1-3H3. The van der Waals surface area contributed by atoms with E-state index < -0.39 is 0 Å². The second-order valence-electron chi connectivity index (χ2n) is 5.06. The second-order valence-corrected chi connectivity index (χ2v) is 6.86. The zero-order valence-corrected chi connectivity index (χ0v) is 15.1. The molecule has 0 aliphatic heterocycles. The van der Waals surface area contributed by atoms with Crippen LogP contribution in [0.1, 0.15) is 27.2 Å². The van der Waals surface area contributed by atoms with Crippen LogP contribution in [0.2, 0.25) is 5.15 Å². The predicted octanol–water partition coefficient (Wildman–Crippen LogP) is 3.81. The highest BCUT2D eigenvalue weighted by atomic mass is 35.5.